The van der Waals surface area contributed by atoms with Crippen LogP contribution in [0.2, 0.25) is 0 Å². The lowest BCUT2D eigenvalue weighted by atomic mass is 10.2. The fraction of sp³-hybridized carbons (Fsp3) is 0.429. The van der Waals surface area contributed by atoms with Gasteiger partial charge >= 0.3 is 12.0 Å². The van der Waals surface area contributed by atoms with Crippen molar-refractivity contribution < 1.29 is 19.1 Å². The van der Waals surface area contributed by atoms with E-state index < -0.39 is 5.97 Å². The Hall–Kier alpha value is -2.11. The first kappa shape index (κ1) is 14.3. The minimum Gasteiger partial charge on any atom is -0.480 e. The van der Waals surface area contributed by atoms with Crippen molar-refractivity contribution in [2.75, 3.05) is 13.6 Å². The summed E-state index contributed by atoms with van der Waals surface area (Å²) in [5, 5.41) is 8.86. The highest BCUT2D eigenvalue weighted by Crippen LogP contribution is 2.27. The second-order valence-corrected chi connectivity index (χ2v) is 5.02. The standard InChI is InChI=1S/C14H17FN2O3/c1-16(8-10-3-2-4-11(15)7-10)14(20)17(9-13(18)19)12-5-6-12/h2-4,7,12H,5-6,8-9H2,1H3,(H,18,19). The summed E-state index contributed by atoms with van der Waals surface area (Å²) in [7, 11) is 1.59. The summed E-state index contributed by atoms with van der Waals surface area (Å²) >= 11 is 0. The van der Waals surface area contributed by atoms with E-state index in [9.17, 15) is 14.0 Å². The molecule has 0 aliphatic heterocycles. The van der Waals surface area contributed by atoms with E-state index in [1.54, 1.807) is 19.2 Å². The average Bonchev–Trinajstić information content (AvgIpc) is 3.19. The molecule has 1 aliphatic carbocycles. The van der Waals surface area contributed by atoms with Crippen LogP contribution in [-0.2, 0) is 11.3 Å². The summed E-state index contributed by atoms with van der Waals surface area (Å²) in [5.74, 6) is -1.38. The summed E-state index contributed by atoms with van der Waals surface area (Å²) < 4.78 is 13.1. The van der Waals surface area contributed by atoms with Crippen LogP contribution in [0.25, 0.3) is 0 Å². The van der Waals surface area contributed by atoms with Crippen LogP contribution in [0.3, 0.4) is 0 Å². The molecular formula is C14H17FN2O3. The van der Waals surface area contributed by atoms with Gasteiger partial charge in [0.05, 0.1) is 0 Å². The highest BCUT2D eigenvalue weighted by atomic mass is 19.1. The second kappa shape index (κ2) is 5.90. The molecule has 6 heteroatoms. The van der Waals surface area contributed by atoms with E-state index in [0.29, 0.717) is 5.56 Å². The van der Waals surface area contributed by atoms with Crippen LogP contribution in [0.15, 0.2) is 24.3 Å². The molecule has 0 heterocycles. The van der Waals surface area contributed by atoms with Crippen molar-refractivity contribution in [2.45, 2.75) is 25.4 Å². The number of nitrogens with zero attached hydrogens (tertiary/aromatic N) is 2. The summed E-state index contributed by atoms with van der Waals surface area (Å²) in [5.41, 5.74) is 0.673. The van der Waals surface area contributed by atoms with E-state index in [1.165, 1.54) is 21.9 Å². The van der Waals surface area contributed by atoms with Crippen LogP contribution in [0.5, 0.6) is 0 Å². The molecule has 0 aromatic heterocycles. The number of amides is 2. The number of carbonyl (C=O) groups excluding carboxylic acids is 1. The number of carboxylic acids is 1. The molecule has 2 rings (SSSR count). The Bertz CT molecular complexity index is 517. The third-order valence-electron chi connectivity index (χ3n) is 3.17. The van der Waals surface area contributed by atoms with Crippen molar-refractivity contribution in [1.29, 1.82) is 0 Å². The van der Waals surface area contributed by atoms with Gasteiger partial charge in [-0.05, 0) is 30.5 Å². The van der Waals surface area contributed by atoms with Gasteiger partial charge in [0, 0.05) is 19.6 Å². The number of hydrogen-bond acceptors (Lipinski definition) is 2. The number of hydrogen-bond donors (Lipinski definition) is 1. The van der Waals surface area contributed by atoms with Gasteiger partial charge in [-0.3, -0.25) is 4.79 Å². The number of urea groups is 1. The molecule has 0 spiro atoms. The van der Waals surface area contributed by atoms with Crippen LogP contribution < -0.4 is 0 Å². The predicted molar refractivity (Wildman–Crippen MR) is 70.6 cm³/mol. The number of carboxylic acid groups (broad SMARTS) is 1. The van der Waals surface area contributed by atoms with Gasteiger partial charge in [-0.2, -0.15) is 0 Å². The third-order valence-corrected chi connectivity index (χ3v) is 3.17. The maximum Gasteiger partial charge on any atom is 0.323 e. The fourth-order valence-corrected chi connectivity index (χ4v) is 2.08. The summed E-state index contributed by atoms with van der Waals surface area (Å²) in [6.07, 6.45) is 1.68. The molecule has 0 unspecified atom stereocenters. The lowest BCUT2D eigenvalue weighted by molar-refractivity contribution is -0.137. The Morgan fingerprint density at radius 3 is 2.65 bits per heavy atom. The molecule has 0 bridgehead atoms. The van der Waals surface area contributed by atoms with Crippen LogP contribution >= 0.6 is 0 Å². The number of halogens is 1. The lowest BCUT2D eigenvalue weighted by Crippen LogP contribution is -2.44. The zero-order valence-electron chi connectivity index (χ0n) is 11.3. The molecule has 1 aromatic carbocycles. The molecule has 1 aliphatic rings. The van der Waals surface area contributed by atoms with Gasteiger partial charge in [0.2, 0.25) is 0 Å². The topological polar surface area (TPSA) is 60.9 Å². The first-order chi connectivity index (χ1) is 9.47. The highest BCUT2D eigenvalue weighted by molar-refractivity contribution is 5.80. The minimum atomic E-state index is -1.02. The van der Waals surface area contributed by atoms with Gasteiger partial charge in [0.15, 0.2) is 0 Å². The average molecular weight is 280 g/mol. The number of rotatable bonds is 5. The Morgan fingerprint density at radius 1 is 1.40 bits per heavy atom. The second-order valence-electron chi connectivity index (χ2n) is 5.02. The Morgan fingerprint density at radius 2 is 2.10 bits per heavy atom. The molecule has 108 valence electrons. The first-order valence-electron chi connectivity index (χ1n) is 6.45. The fourth-order valence-electron chi connectivity index (χ4n) is 2.08. The van der Waals surface area contributed by atoms with Gasteiger partial charge in [-0.25, -0.2) is 9.18 Å². The summed E-state index contributed by atoms with van der Waals surface area (Å²) in [6, 6.07) is 5.70. The molecule has 2 amide bonds. The highest BCUT2D eigenvalue weighted by Gasteiger charge is 2.35. The SMILES string of the molecule is CN(Cc1cccc(F)c1)C(=O)N(CC(=O)O)C1CC1. The van der Waals surface area contributed by atoms with E-state index in [1.807, 2.05) is 0 Å². The van der Waals surface area contributed by atoms with E-state index in [2.05, 4.69) is 0 Å². The Labute approximate surface area is 116 Å². The zero-order chi connectivity index (χ0) is 14.7. The largest absolute Gasteiger partial charge is 0.480 e. The van der Waals surface area contributed by atoms with Crippen LogP contribution in [-0.4, -0.2) is 46.5 Å². The van der Waals surface area contributed by atoms with E-state index in [-0.39, 0.29) is 31.0 Å². The van der Waals surface area contributed by atoms with Crippen LogP contribution in [0, 0.1) is 5.82 Å². The maximum absolute atomic E-state index is 13.1. The smallest absolute Gasteiger partial charge is 0.323 e. The monoisotopic (exact) mass is 280 g/mol. The quantitative estimate of drug-likeness (QED) is 0.896. The van der Waals surface area contributed by atoms with Gasteiger partial charge in [-0.15, -0.1) is 0 Å². The van der Waals surface area contributed by atoms with E-state index in [4.69, 9.17) is 5.11 Å². The van der Waals surface area contributed by atoms with Crippen LogP contribution in [0.4, 0.5) is 9.18 Å². The Balaban J connectivity index is 2.01. The van der Waals surface area contributed by atoms with Crippen molar-refractivity contribution in [3.63, 3.8) is 0 Å². The van der Waals surface area contributed by atoms with Gasteiger partial charge < -0.3 is 14.9 Å². The van der Waals surface area contributed by atoms with Crippen LogP contribution in [0.1, 0.15) is 18.4 Å². The van der Waals surface area contributed by atoms with Crippen molar-refractivity contribution in [2.24, 2.45) is 0 Å². The molecule has 1 saturated carbocycles. The zero-order valence-corrected chi connectivity index (χ0v) is 11.3. The van der Waals surface area contributed by atoms with E-state index >= 15 is 0 Å². The minimum absolute atomic E-state index is 0.0218. The van der Waals surface area contributed by atoms with Crippen molar-refractivity contribution >= 4 is 12.0 Å². The molecule has 1 N–H and O–H groups in total. The molecule has 0 atom stereocenters. The van der Waals surface area contributed by atoms with E-state index in [0.717, 1.165) is 12.8 Å². The number of carbonyl (C=O) groups is 2. The predicted octanol–water partition coefficient (Wildman–Crippen LogP) is 1.93. The normalized spacial score (nSPS) is 13.9. The van der Waals surface area contributed by atoms with Crippen molar-refractivity contribution in [3.05, 3.63) is 35.6 Å². The van der Waals surface area contributed by atoms with Gasteiger partial charge in [0.1, 0.15) is 12.4 Å². The molecule has 0 saturated heterocycles. The molecule has 5 nitrogen and oxygen atoms in total. The first-order valence-corrected chi connectivity index (χ1v) is 6.45. The van der Waals surface area contributed by atoms with Gasteiger partial charge in [-0.1, -0.05) is 12.1 Å². The van der Waals surface area contributed by atoms with Crippen molar-refractivity contribution in [3.8, 4) is 0 Å². The summed E-state index contributed by atoms with van der Waals surface area (Å²) in [6.45, 7) is -0.0452. The number of aliphatic carboxylic acids is 1. The summed E-state index contributed by atoms with van der Waals surface area (Å²) in [4.78, 5) is 25.8. The number of benzene rings is 1. The third kappa shape index (κ3) is 3.69. The lowest BCUT2D eigenvalue weighted by Gasteiger charge is -2.27. The Kier molecular flexibility index (Phi) is 4.22. The van der Waals surface area contributed by atoms with Gasteiger partial charge in [0.25, 0.3) is 0 Å². The molecule has 20 heavy (non-hydrogen) atoms. The molecule has 1 aromatic rings. The maximum atomic E-state index is 13.1. The van der Waals surface area contributed by atoms with Crippen molar-refractivity contribution in [1.82, 2.24) is 9.80 Å². The molecule has 0 radical (unpaired) electrons. The molecule has 1 fully saturated rings. The molecular weight excluding hydrogens is 263 g/mol.